The van der Waals surface area contributed by atoms with Crippen molar-refractivity contribution in [1.29, 1.82) is 0 Å². The lowest BCUT2D eigenvalue weighted by Gasteiger charge is -2.07. The van der Waals surface area contributed by atoms with Gasteiger partial charge in [0.25, 0.3) is 5.56 Å². The number of carboxylic acids is 1. The van der Waals surface area contributed by atoms with Crippen LogP contribution in [0.3, 0.4) is 0 Å². The number of aromatic amines is 1. The molecule has 0 fully saturated rings. The fourth-order valence-electron chi connectivity index (χ4n) is 3.24. The summed E-state index contributed by atoms with van der Waals surface area (Å²) in [4.78, 5) is 30.7. The molecule has 4 aromatic rings. The minimum atomic E-state index is -1.05. The highest BCUT2D eigenvalue weighted by Crippen LogP contribution is 2.16. The molecule has 0 saturated carbocycles. The molecule has 28 heavy (non-hydrogen) atoms. The summed E-state index contributed by atoms with van der Waals surface area (Å²) in [5.74, 6) is -0.566. The molecule has 7 nitrogen and oxygen atoms in total. The zero-order valence-electron chi connectivity index (χ0n) is 15.4. The molecule has 0 aliphatic rings. The zero-order valence-corrected chi connectivity index (χ0v) is 15.4. The summed E-state index contributed by atoms with van der Waals surface area (Å²) in [6.07, 6.45) is 0.430. The topological polar surface area (TPSA) is 101 Å². The highest BCUT2D eigenvalue weighted by molar-refractivity contribution is 5.92. The summed E-state index contributed by atoms with van der Waals surface area (Å²) >= 11 is 0. The first-order valence-corrected chi connectivity index (χ1v) is 8.79. The van der Waals surface area contributed by atoms with Gasteiger partial charge in [0.15, 0.2) is 0 Å². The molecule has 0 aliphatic carbocycles. The number of rotatable bonds is 4. The van der Waals surface area contributed by atoms with E-state index in [2.05, 4.69) is 15.1 Å². The van der Waals surface area contributed by atoms with Crippen LogP contribution < -0.4 is 5.56 Å². The Hall–Kier alpha value is -3.74. The fraction of sp³-hybridized carbons (Fsp3) is 0.143. The van der Waals surface area contributed by atoms with Crippen LogP contribution in [0.4, 0.5) is 0 Å². The van der Waals surface area contributed by atoms with Gasteiger partial charge < -0.3 is 10.1 Å². The largest absolute Gasteiger partial charge is 0.478 e. The van der Waals surface area contributed by atoms with E-state index in [0.717, 1.165) is 22.6 Å². The van der Waals surface area contributed by atoms with Crippen molar-refractivity contribution >= 4 is 16.9 Å². The Morgan fingerprint density at radius 1 is 1.11 bits per heavy atom. The number of hydrogen-bond acceptors (Lipinski definition) is 4. The lowest BCUT2D eigenvalue weighted by atomic mass is 10.1. The average Bonchev–Trinajstić information content (AvgIpc) is 3.00. The molecule has 2 aromatic carbocycles. The monoisotopic (exact) mass is 374 g/mol. The number of H-pyrrole nitrogens is 1. The van der Waals surface area contributed by atoms with Crippen molar-refractivity contribution in [2.24, 2.45) is 0 Å². The summed E-state index contributed by atoms with van der Waals surface area (Å²) in [5, 5.41) is 14.0. The van der Waals surface area contributed by atoms with Crippen molar-refractivity contribution in [3.63, 3.8) is 0 Å². The van der Waals surface area contributed by atoms with Gasteiger partial charge in [0, 0.05) is 12.1 Å². The Balaban J connectivity index is 1.65. The number of nitrogens with one attached hydrogen (secondary N) is 1. The van der Waals surface area contributed by atoms with Crippen molar-refractivity contribution in [3.8, 4) is 5.69 Å². The molecule has 0 aliphatic heterocycles. The van der Waals surface area contributed by atoms with E-state index in [4.69, 9.17) is 5.11 Å². The van der Waals surface area contributed by atoms with E-state index in [9.17, 15) is 9.59 Å². The van der Waals surface area contributed by atoms with Crippen LogP contribution >= 0.6 is 0 Å². The molecule has 0 radical (unpaired) electrons. The van der Waals surface area contributed by atoms with Crippen LogP contribution in [-0.4, -0.2) is 30.8 Å². The smallest absolute Gasteiger partial charge is 0.335 e. The van der Waals surface area contributed by atoms with Gasteiger partial charge in [-0.05, 0) is 55.8 Å². The molecule has 2 heterocycles. The zero-order chi connectivity index (χ0) is 19.8. The molecule has 0 unspecified atom stereocenters. The molecule has 0 amide bonds. The minimum absolute atomic E-state index is 0.103. The van der Waals surface area contributed by atoms with Gasteiger partial charge in [0.1, 0.15) is 5.82 Å². The quantitative estimate of drug-likeness (QED) is 0.572. The Bertz CT molecular complexity index is 1250. The maximum Gasteiger partial charge on any atom is 0.335 e. The second kappa shape index (κ2) is 6.77. The molecular weight excluding hydrogens is 356 g/mol. The first-order chi connectivity index (χ1) is 13.4. The highest BCUT2D eigenvalue weighted by atomic mass is 16.4. The van der Waals surface area contributed by atoms with Crippen LogP contribution in [0.1, 0.15) is 33.1 Å². The number of carbonyl (C=O) groups is 1. The Labute approximate surface area is 160 Å². The number of aryl methyl sites for hydroxylation is 2. The number of benzene rings is 2. The molecule has 140 valence electrons. The predicted octanol–water partition coefficient (Wildman–Crippen LogP) is 3.01. The normalized spacial score (nSPS) is 11.1. The highest BCUT2D eigenvalue weighted by Gasteiger charge is 2.09. The van der Waals surface area contributed by atoms with Crippen LogP contribution in [0.25, 0.3) is 16.6 Å². The molecule has 2 aromatic heterocycles. The third-order valence-electron chi connectivity index (χ3n) is 4.56. The molecular formula is C21H18N4O3. The van der Waals surface area contributed by atoms with E-state index in [-0.39, 0.29) is 11.1 Å². The molecule has 4 rings (SSSR count). The van der Waals surface area contributed by atoms with Crippen molar-refractivity contribution in [2.75, 3.05) is 0 Å². The summed E-state index contributed by atoms with van der Waals surface area (Å²) < 4.78 is 1.88. The molecule has 0 atom stereocenters. The van der Waals surface area contributed by atoms with Gasteiger partial charge >= 0.3 is 5.97 Å². The number of fused-ring (bicyclic) bond motifs is 1. The maximum absolute atomic E-state index is 12.3. The number of aromatic nitrogens is 4. The molecule has 7 heteroatoms. The lowest BCUT2D eigenvalue weighted by Crippen LogP contribution is -2.13. The molecule has 0 spiro atoms. The van der Waals surface area contributed by atoms with Crippen LogP contribution in [0, 0.1) is 13.8 Å². The Morgan fingerprint density at radius 2 is 1.86 bits per heavy atom. The van der Waals surface area contributed by atoms with Gasteiger partial charge in [-0.15, -0.1) is 0 Å². The van der Waals surface area contributed by atoms with Crippen LogP contribution in [-0.2, 0) is 6.42 Å². The number of aromatic carboxylic acids is 1. The van der Waals surface area contributed by atoms with E-state index < -0.39 is 5.97 Å². The van der Waals surface area contributed by atoms with Crippen molar-refractivity contribution in [1.82, 2.24) is 19.7 Å². The van der Waals surface area contributed by atoms with Gasteiger partial charge in [0.2, 0.25) is 0 Å². The summed E-state index contributed by atoms with van der Waals surface area (Å²) in [6, 6.07) is 14.2. The summed E-state index contributed by atoms with van der Waals surface area (Å²) in [7, 11) is 0. The standard InChI is InChI=1S/C21H18N4O3/c1-12-9-13(2)25(24-12)16-6-3-14(4-7-16)10-19-22-18-11-15(21(27)28)5-8-17(18)20(26)23-19/h3-9,11H,10H2,1-2H3,(H,27,28)(H,22,23,26). The lowest BCUT2D eigenvalue weighted by molar-refractivity contribution is 0.0697. The number of hydrogen-bond donors (Lipinski definition) is 2. The van der Waals surface area contributed by atoms with Crippen molar-refractivity contribution in [3.05, 3.63) is 87.2 Å². The van der Waals surface area contributed by atoms with E-state index in [1.807, 2.05) is 48.9 Å². The molecule has 2 N–H and O–H groups in total. The molecule has 0 saturated heterocycles. The Kier molecular flexibility index (Phi) is 4.27. The molecule has 0 bridgehead atoms. The SMILES string of the molecule is Cc1cc(C)n(-c2ccc(Cc3nc4cc(C(=O)O)ccc4c(=O)[nH]3)cc2)n1. The fourth-order valence-corrected chi connectivity index (χ4v) is 3.24. The van der Waals surface area contributed by atoms with E-state index in [1.165, 1.54) is 18.2 Å². The first-order valence-electron chi connectivity index (χ1n) is 8.79. The Morgan fingerprint density at radius 3 is 2.50 bits per heavy atom. The van der Waals surface area contributed by atoms with Gasteiger partial charge in [-0.2, -0.15) is 5.10 Å². The number of nitrogens with zero attached hydrogens (tertiary/aromatic N) is 3. The van der Waals surface area contributed by atoms with Gasteiger partial charge in [0.05, 0.1) is 27.8 Å². The van der Waals surface area contributed by atoms with Crippen molar-refractivity contribution < 1.29 is 9.90 Å². The predicted molar refractivity (Wildman–Crippen MR) is 105 cm³/mol. The van der Waals surface area contributed by atoms with Crippen LogP contribution in [0.2, 0.25) is 0 Å². The summed E-state index contributed by atoms with van der Waals surface area (Å²) in [6.45, 7) is 3.96. The third kappa shape index (κ3) is 3.29. The summed E-state index contributed by atoms with van der Waals surface area (Å²) in [5.41, 5.74) is 4.14. The number of carboxylic acid groups (broad SMARTS) is 1. The van der Waals surface area contributed by atoms with Gasteiger partial charge in [-0.25, -0.2) is 14.5 Å². The van der Waals surface area contributed by atoms with Gasteiger partial charge in [-0.3, -0.25) is 4.79 Å². The van der Waals surface area contributed by atoms with Gasteiger partial charge in [-0.1, -0.05) is 12.1 Å². The van der Waals surface area contributed by atoms with E-state index >= 15 is 0 Å². The van der Waals surface area contributed by atoms with Crippen molar-refractivity contribution in [2.45, 2.75) is 20.3 Å². The minimum Gasteiger partial charge on any atom is -0.478 e. The van der Waals surface area contributed by atoms with E-state index in [0.29, 0.717) is 23.1 Å². The second-order valence-electron chi connectivity index (χ2n) is 6.73. The average molecular weight is 374 g/mol. The third-order valence-corrected chi connectivity index (χ3v) is 4.56. The maximum atomic E-state index is 12.3. The van der Waals surface area contributed by atoms with E-state index in [1.54, 1.807) is 0 Å². The van der Waals surface area contributed by atoms with Crippen LogP contribution in [0.15, 0.2) is 53.3 Å². The van der Waals surface area contributed by atoms with Crippen LogP contribution in [0.5, 0.6) is 0 Å². The second-order valence-corrected chi connectivity index (χ2v) is 6.73. The first kappa shape index (κ1) is 17.7.